The third-order valence-corrected chi connectivity index (χ3v) is 5.30. The van der Waals surface area contributed by atoms with Crippen molar-refractivity contribution in [2.75, 3.05) is 5.32 Å². The molecule has 3 aromatic rings. The number of carbonyl (C=O) groups excluding carboxylic acids is 2. The molecule has 7 heteroatoms. The van der Waals surface area contributed by atoms with Crippen LogP contribution in [-0.2, 0) is 11.2 Å². The Balaban J connectivity index is 1.58. The number of anilines is 1. The summed E-state index contributed by atoms with van der Waals surface area (Å²) in [6, 6.07) is 7.73. The highest BCUT2D eigenvalue weighted by Crippen LogP contribution is 2.20. The molecule has 0 fully saturated rings. The third-order valence-electron chi connectivity index (χ3n) is 4.50. The second-order valence-corrected chi connectivity index (χ2v) is 7.67. The number of nitrogens with zero attached hydrogens (tertiary/aromatic N) is 1. The van der Waals surface area contributed by atoms with E-state index in [0.29, 0.717) is 22.1 Å². The van der Waals surface area contributed by atoms with Crippen LogP contribution in [0, 0.1) is 20.8 Å². The van der Waals surface area contributed by atoms with Crippen molar-refractivity contribution in [3.8, 4) is 0 Å². The first-order chi connectivity index (χ1) is 13.3. The van der Waals surface area contributed by atoms with E-state index in [1.165, 1.54) is 17.6 Å². The molecule has 0 aliphatic rings. The maximum Gasteiger partial charge on any atom is 0.260 e. The van der Waals surface area contributed by atoms with Gasteiger partial charge in [0.15, 0.2) is 5.13 Å². The van der Waals surface area contributed by atoms with Gasteiger partial charge in [0.05, 0.1) is 30.0 Å². The molecule has 28 heavy (non-hydrogen) atoms. The molecule has 1 atom stereocenters. The van der Waals surface area contributed by atoms with Crippen LogP contribution in [0.3, 0.4) is 0 Å². The SMILES string of the molecule is Cc1ccc(C)c(C(C)NC(=O)Cc2csc(NC(=O)c3ccoc3C)n2)c1. The molecule has 0 aliphatic carbocycles. The van der Waals surface area contributed by atoms with Gasteiger partial charge in [0.1, 0.15) is 5.76 Å². The summed E-state index contributed by atoms with van der Waals surface area (Å²) >= 11 is 1.29. The number of benzene rings is 1. The van der Waals surface area contributed by atoms with Crippen LogP contribution in [0.2, 0.25) is 0 Å². The van der Waals surface area contributed by atoms with Crippen molar-refractivity contribution in [3.63, 3.8) is 0 Å². The standard InChI is InChI=1S/C21H23N3O3S/c1-12-5-6-13(2)18(9-12)14(3)22-19(25)10-16-11-28-21(23-16)24-20(26)17-7-8-27-15(17)4/h5-9,11,14H,10H2,1-4H3,(H,22,25)(H,23,24,26). The van der Waals surface area contributed by atoms with Gasteiger partial charge >= 0.3 is 0 Å². The fourth-order valence-electron chi connectivity index (χ4n) is 2.99. The van der Waals surface area contributed by atoms with Crippen LogP contribution >= 0.6 is 11.3 Å². The lowest BCUT2D eigenvalue weighted by molar-refractivity contribution is -0.121. The Morgan fingerprint density at radius 1 is 1.21 bits per heavy atom. The summed E-state index contributed by atoms with van der Waals surface area (Å²) in [5.41, 5.74) is 4.50. The quantitative estimate of drug-likeness (QED) is 0.648. The normalized spacial score (nSPS) is 11.9. The van der Waals surface area contributed by atoms with Gasteiger partial charge in [-0.3, -0.25) is 14.9 Å². The van der Waals surface area contributed by atoms with Crippen LogP contribution in [0.5, 0.6) is 0 Å². The largest absolute Gasteiger partial charge is 0.469 e. The number of rotatable bonds is 6. The Morgan fingerprint density at radius 3 is 2.71 bits per heavy atom. The lowest BCUT2D eigenvalue weighted by atomic mass is 10.00. The van der Waals surface area contributed by atoms with E-state index >= 15 is 0 Å². The molecule has 2 amide bonds. The second kappa shape index (κ2) is 8.39. The summed E-state index contributed by atoms with van der Waals surface area (Å²) in [4.78, 5) is 29.0. The molecule has 1 unspecified atom stereocenters. The molecule has 146 valence electrons. The smallest absolute Gasteiger partial charge is 0.260 e. The first-order valence-electron chi connectivity index (χ1n) is 9.00. The first-order valence-corrected chi connectivity index (χ1v) is 9.88. The number of thiazole rings is 1. The van der Waals surface area contributed by atoms with Crippen LogP contribution in [0.15, 0.2) is 40.3 Å². The zero-order chi connectivity index (χ0) is 20.3. The van der Waals surface area contributed by atoms with Crippen molar-refractivity contribution in [1.29, 1.82) is 0 Å². The van der Waals surface area contributed by atoms with Gasteiger partial charge in [0.2, 0.25) is 5.91 Å². The number of nitrogens with one attached hydrogen (secondary N) is 2. The molecule has 2 aromatic heterocycles. The molecule has 0 saturated heterocycles. The number of carbonyl (C=O) groups is 2. The lowest BCUT2D eigenvalue weighted by Gasteiger charge is -2.17. The Bertz CT molecular complexity index is 1010. The number of hydrogen-bond acceptors (Lipinski definition) is 5. The number of amides is 2. The average Bonchev–Trinajstić information content (AvgIpc) is 3.25. The monoisotopic (exact) mass is 397 g/mol. The fraction of sp³-hybridized carbons (Fsp3) is 0.286. The predicted molar refractivity (Wildman–Crippen MR) is 110 cm³/mol. The van der Waals surface area contributed by atoms with Crippen LogP contribution in [0.25, 0.3) is 0 Å². The van der Waals surface area contributed by atoms with Crippen LogP contribution < -0.4 is 10.6 Å². The number of aromatic nitrogens is 1. The summed E-state index contributed by atoms with van der Waals surface area (Å²) in [6.45, 7) is 7.77. The summed E-state index contributed by atoms with van der Waals surface area (Å²) < 4.78 is 5.14. The van der Waals surface area contributed by atoms with Gasteiger partial charge in [-0.05, 0) is 44.9 Å². The van der Waals surface area contributed by atoms with Crippen molar-refractivity contribution in [1.82, 2.24) is 10.3 Å². The summed E-state index contributed by atoms with van der Waals surface area (Å²) in [7, 11) is 0. The molecule has 0 spiro atoms. The van der Waals surface area contributed by atoms with Gasteiger partial charge in [-0.1, -0.05) is 23.8 Å². The molecule has 0 aliphatic heterocycles. The highest BCUT2D eigenvalue weighted by molar-refractivity contribution is 7.14. The zero-order valence-electron chi connectivity index (χ0n) is 16.3. The van der Waals surface area contributed by atoms with Gasteiger partial charge in [-0.2, -0.15) is 0 Å². The maximum atomic E-state index is 12.4. The highest BCUT2D eigenvalue weighted by Gasteiger charge is 2.16. The molecule has 0 radical (unpaired) electrons. The molecule has 0 bridgehead atoms. The minimum atomic E-state index is -0.278. The van der Waals surface area contributed by atoms with Crippen molar-refractivity contribution < 1.29 is 14.0 Å². The van der Waals surface area contributed by atoms with Crippen molar-refractivity contribution in [2.45, 2.75) is 40.2 Å². The van der Waals surface area contributed by atoms with E-state index in [-0.39, 0.29) is 24.3 Å². The van der Waals surface area contributed by atoms with E-state index in [4.69, 9.17) is 4.42 Å². The molecule has 3 rings (SSSR count). The van der Waals surface area contributed by atoms with Crippen LogP contribution in [-0.4, -0.2) is 16.8 Å². The van der Waals surface area contributed by atoms with Crippen molar-refractivity contribution >= 4 is 28.3 Å². The van der Waals surface area contributed by atoms with Crippen LogP contribution in [0.4, 0.5) is 5.13 Å². The average molecular weight is 398 g/mol. The minimum absolute atomic E-state index is 0.0886. The van der Waals surface area contributed by atoms with Gasteiger partial charge in [0.25, 0.3) is 5.91 Å². The summed E-state index contributed by atoms with van der Waals surface area (Å²) in [5.74, 6) is 0.163. The molecule has 2 heterocycles. The summed E-state index contributed by atoms with van der Waals surface area (Å²) in [5, 5.41) is 7.99. The zero-order valence-corrected chi connectivity index (χ0v) is 17.1. The molecule has 6 nitrogen and oxygen atoms in total. The van der Waals surface area contributed by atoms with E-state index in [1.54, 1.807) is 18.4 Å². The number of aryl methyl sites for hydroxylation is 3. The number of furan rings is 1. The fourth-order valence-corrected chi connectivity index (χ4v) is 3.70. The Labute approximate surface area is 168 Å². The van der Waals surface area contributed by atoms with Crippen LogP contribution in [0.1, 0.15) is 51.5 Å². The molecule has 0 saturated carbocycles. The highest BCUT2D eigenvalue weighted by atomic mass is 32.1. The van der Waals surface area contributed by atoms with E-state index in [2.05, 4.69) is 33.8 Å². The van der Waals surface area contributed by atoms with Gasteiger partial charge in [-0.15, -0.1) is 11.3 Å². The minimum Gasteiger partial charge on any atom is -0.469 e. The third kappa shape index (κ3) is 4.67. The van der Waals surface area contributed by atoms with Gasteiger partial charge < -0.3 is 9.73 Å². The van der Waals surface area contributed by atoms with Crippen molar-refractivity contribution in [2.24, 2.45) is 0 Å². The predicted octanol–water partition coefficient (Wildman–Crippen LogP) is 4.33. The molecule has 1 aromatic carbocycles. The summed E-state index contributed by atoms with van der Waals surface area (Å²) in [6.07, 6.45) is 1.63. The van der Waals surface area contributed by atoms with E-state index < -0.39 is 0 Å². The Hall–Kier alpha value is -2.93. The Morgan fingerprint density at radius 2 is 2.00 bits per heavy atom. The van der Waals surface area contributed by atoms with E-state index in [1.807, 2.05) is 20.8 Å². The van der Waals surface area contributed by atoms with Gasteiger partial charge in [0, 0.05) is 5.38 Å². The molecular weight excluding hydrogens is 374 g/mol. The van der Waals surface area contributed by atoms with E-state index in [9.17, 15) is 9.59 Å². The molecule has 2 N–H and O–H groups in total. The van der Waals surface area contributed by atoms with E-state index in [0.717, 1.165) is 16.7 Å². The topological polar surface area (TPSA) is 84.2 Å². The second-order valence-electron chi connectivity index (χ2n) is 6.81. The number of hydrogen-bond donors (Lipinski definition) is 2. The molecular formula is C21H23N3O3S. The van der Waals surface area contributed by atoms with Gasteiger partial charge in [-0.25, -0.2) is 4.98 Å². The first kappa shape index (κ1) is 19.8. The lowest BCUT2D eigenvalue weighted by Crippen LogP contribution is -2.28. The Kier molecular flexibility index (Phi) is 5.94. The van der Waals surface area contributed by atoms with Crippen molar-refractivity contribution in [3.05, 3.63) is 69.6 Å². The maximum absolute atomic E-state index is 12.4.